The van der Waals surface area contributed by atoms with Gasteiger partial charge in [-0.15, -0.1) is 11.8 Å². The number of nitrogens with one attached hydrogen (secondary N) is 1. The standard InChI is InChI=1S/C24H25N3O2S2/c1-4-7-21(27-31(28,29)23-11-10-16(2)12-17(23)3)20-15-30-22-9-6-5-8-19(22)24(20)18(13-25)14-26/h5-6,8-12,20-21,27H,4,7,15H2,1-3H3/t20-,21+/m1/s1. The maximum Gasteiger partial charge on any atom is 0.241 e. The Balaban J connectivity index is 2.07. The maximum absolute atomic E-state index is 13.3. The van der Waals surface area contributed by atoms with Crippen molar-refractivity contribution in [1.82, 2.24) is 4.72 Å². The fourth-order valence-electron chi connectivity index (χ4n) is 4.08. The fourth-order valence-corrected chi connectivity index (χ4v) is 6.88. The van der Waals surface area contributed by atoms with Gasteiger partial charge in [-0.25, -0.2) is 13.1 Å². The van der Waals surface area contributed by atoms with E-state index in [1.165, 1.54) is 0 Å². The van der Waals surface area contributed by atoms with Crippen LogP contribution < -0.4 is 4.72 Å². The average molecular weight is 452 g/mol. The molecular formula is C24H25N3O2S2. The summed E-state index contributed by atoms with van der Waals surface area (Å²) in [6.45, 7) is 5.72. The molecule has 1 aliphatic rings. The van der Waals surface area contributed by atoms with E-state index in [1.54, 1.807) is 30.8 Å². The summed E-state index contributed by atoms with van der Waals surface area (Å²) in [5, 5.41) is 19.3. The van der Waals surface area contributed by atoms with Crippen LogP contribution in [0.25, 0.3) is 5.57 Å². The number of aryl methyl sites for hydroxylation is 2. The van der Waals surface area contributed by atoms with Gasteiger partial charge in [0.05, 0.1) is 4.90 Å². The molecule has 0 fully saturated rings. The van der Waals surface area contributed by atoms with E-state index in [1.807, 2.05) is 56.3 Å². The molecule has 3 rings (SSSR count). The molecule has 1 aliphatic heterocycles. The summed E-state index contributed by atoms with van der Waals surface area (Å²) < 4.78 is 29.5. The zero-order valence-corrected chi connectivity index (χ0v) is 19.5. The Hall–Kier alpha value is -2.58. The highest BCUT2D eigenvalue weighted by molar-refractivity contribution is 7.99. The van der Waals surface area contributed by atoms with Crippen LogP contribution in [0, 0.1) is 42.4 Å². The van der Waals surface area contributed by atoms with E-state index in [2.05, 4.69) is 4.72 Å². The van der Waals surface area contributed by atoms with Gasteiger partial charge in [0.1, 0.15) is 17.7 Å². The van der Waals surface area contributed by atoms with E-state index < -0.39 is 16.1 Å². The largest absolute Gasteiger partial charge is 0.241 e. The van der Waals surface area contributed by atoms with Crippen molar-refractivity contribution < 1.29 is 8.42 Å². The number of benzene rings is 2. The number of nitriles is 2. The summed E-state index contributed by atoms with van der Waals surface area (Å²) in [7, 11) is -3.77. The molecule has 7 heteroatoms. The van der Waals surface area contributed by atoms with Gasteiger partial charge in [0.2, 0.25) is 10.0 Å². The topological polar surface area (TPSA) is 93.8 Å². The predicted molar refractivity (Wildman–Crippen MR) is 124 cm³/mol. The quantitative estimate of drug-likeness (QED) is 0.626. The Morgan fingerprint density at radius 3 is 2.55 bits per heavy atom. The molecule has 5 nitrogen and oxygen atoms in total. The maximum atomic E-state index is 13.3. The highest BCUT2D eigenvalue weighted by atomic mass is 32.2. The first-order chi connectivity index (χ1) is 14.8. The number of allylic oxidation sites excluding steroid dienone is 1. The Morgan fingerprint density at radius 1 is 1.19 bits per heavy atom. The number of fused-ring (bicyclic) bond motifs is 1. The second kappa shape index (κ2) is 9.70. The van der Waals surface area contributed by atoms with Crippen LogP contribution in [-0.4, -0.2) is 20.2 Å². The molecule has 2 aromatic rings. The van der Waals surface area contributed by atoms with E-state index in [0.29, 0.717) is 23.3 Å². The van der Waals surface area contributed by atoms with Crippen molar-refractivity contribution >= 4 is 27.4 Å². The van der Waals surface area contributed by atoms with E-state index >= 15 is 0 Å². The molecule has 2 atom stereocenters. The second-order valence-corrected chi connectivity index (χ2v) is 10.5. The smallest absolute Gasteiger partial charge is 0.207 e. The minimum absolute atomic E-state index is 0.0459. The third-order valence-electron chi connectivity index (χ3n) is 5.47. The van der Waals surface area contributed by atoms with Crippen LogP contribution in [0.4, 0.5) is 0 Å². The highest BCUT2D eigenvalue weighted by Crippen LogP contribution is 2.44. The van der Waals surface area contributed by atoms with Crippen LogP contribution in [0.3, 0.4) is 0 Å². The van der Waals surface area contributed by atoms with E-state index in [4.69, 9.17) is 0 Å². The highest BCUT2D eigenvalue weighted by Gasteiger charge is 2.35. The first kappa shape index (κ1) is 23.1. The van der Waals surface area contributed by atoms with E-state index in [9.17, 15) is 18.9 Å². The summed E-state index contributed by atoms with van der Waals surface area (Å²) in [5.74, 6) is 0.314. The first-order valence-electron chi connectivity index (χ1n) is 10.2. The number of nitrogens with zero attached hydrogens (tertiary/aromatic N) is 2. The SMILES string of the molecule is CCC[C@H](NS(=O)(=O)c1ccc(C)cc1C)[C@H]1CSc2ccccc2C1=C(C#N)C#N. The van der Waals surface area contributed by atoms with Gasteiger partial charge in [0.25, 0.3) is 0 Å². The third-order valence-corrected chi connectivity index (χ3v) is 8.31. The molecule has 0 unspecified atom stereocenters. The van der Waals surface area contributed by atoms with Crippen LogP contribution >= 0.6 is 11.8 Å². The lowest BCUT2D eigenvalue weighted by atomic mass is 9.83. The number of hydrogen-bond donors (Lipinski definition) is 1. The lowest BCUT2D eigenvalue weighted by Gasteiger charge is -2.34. The van der Waals surface area contributed by atoms with Crippen molar-refractivity contribution in [3.63, 3.8) is 0 Å². The van der Waals surface area contributed by atoms with Crippen molar-refractivity contribution in [2.45, 2.75) is 49.4 Å². The van der Waals surface area contributed by atoms with Gasteiger partial charge in [-0.1, -0.05) is 49.2 Å². The molecular weight excluding hydrogens is 426 g/mol. The monoisotopic (exact) mass is 451 g/mol. The summed E-state index contributed by atoms with van der Waals surface area (Å²) in [6.07, 6.45) is 1.37. The summed E-state index contributed by atoms with van der Waals surface area (Å²) in [5.41, 5.74) is 3.22. The number of thioether (sulfide) groups is 1. The molecule has 31 heavy (non-hydrogen) atoms. The van der Waals surface area contributed by atoms with Gasteiger partial charge >= 0.3 is 0 Å². The average Bonchev–Trinajstić information content (AvgIpc) is 2.74. The molecule has 0 amide bonds. The van der Waals surface area contributed by atoms with Crippen molar-refractivity contribution in [2.75, 3.05) is 5.75 Å². The fraction of sp³-hybridized carbons (Fsp3) is 0.333. The molecule has 1 N–H and O–H groups in total. The van der Waals surface area contributed by atoms with Gasteiger partial charge in [-0.2, -0.15) is 10.5 Å². The molecule has 0 aliphatic carbocycles. The molecule has 0 bridgehead atoms. The Labute approximate surface area is 188 Å². The van der Waals surface area contributed by atoms with Gasteiger partial charge < -0.3 is 0 Å². The molecule has 2 aromatic carbocycles. The molecule has 0 radical (unpaired) electrons. The first-order valence-corrected chi connectivity index (χ1v) is 12.7. The van der Waals surface area contributed by atoms with E-state index in [-0.39, 0.29) is 16.4 Å². The molecule has 1 heterocycles. The van der Waals surface area contributed by atoms with Gasteiger partial charge in [0, 0.05) is 22.6 Å². The normalized spacial score (nSPS) is 16.7. The van der Waals surface area contributed by atoms with Crippen molar-refractivity contribution in [2.24, 2.45) is 5.92 Å². The zero-order chi connectivity index (χ0) is 22.6. The molecule has 0 aromatic heterocycles. The van der Waals surface area contributed by atoms with Crippen LogP contribution in [0.2, 0.25) is 0 Å². The number of rotatable bonds is 6. The van der Waals surface area contributed by atoms with Gasteiger partial charge in [-0.3, -0.25) is 0 Å². The lowest BCUT2D eigenvalue weighted by Crippen LogP contribution is -2.42. The lowest BCUT2D eigenvalue weighted by molar-refractivity contribution is 0.461. The van der Waals surface area contributed by atoms with Crippen LogP contribution in [0.1, 0.15) is 36.5 Å². The van der Waals surface area contributed by atoms with Crippen molar-refractivity contribution in [3.8, 4) is 12.1 Å². The summed E-state index contributed by atoms with van der Waals surface area (Å²) in [4.78, 5) is 1.26. The van der Waals surface area contributed by atoms with Gasteiger partial charge in [0.15, 0.2) is 0 Å². The minimum Gasteiger partial charge on any atom is -0.207 e. The molecule has 0 saturated heterocycles. The minimum atomic E-state index is -3.77. The Bertz CT molecular complexity index is 1190. The predicted octanol–water partition coefficient (Wildman–Crippen LogP) is 4.97. The van der Waals surface area contributed by atoms with Crippen LogP contribution in [0.15, 0.2) is 57.8 Å². The molecule has 160 valence electrons. The number of hydrogen-bond acceptors (Lipinski definition) is 5. The third kappa shape index (κ3) is 4.85. The van der Waals surface area contributed by atoms with Crippen molar-refractivity contribution in [3.05, 3.63) is 64.7 Å². The van der Waals surface area contributed by atoms with Crippen LogP contribution in [0.5, 0.6) is 0 Å². The van der Waals surface area contributed by atoms with Crippen molar-refractivity contribution in [1.29, 1.82) is 10.5 Å². The molecule has 0 spiro atoms. The Kier molecular flexibility index (Phi) is 7.23. The molecule has 0 saturated carbocycles. The summed E-state index contributed by atoms with van der Waals surface area (Å²) in [6, 6.07) is 16.6. The zero-order valence-electron chi connectivity index (χ0n) is 17.8. The number of sulfonamides is 1. The van der Waals surface area contributed by atoms with E-state index in [0.717, 1.165) is 22.4 Å². The second-order valence-electron chi connectivity index (χ2n) is 7.71. The van der Waals surface area contributed by atoms with Crippen LogP contribution in [-0.2, 0) is 10.0 Å². The van der Waals surface area contributed by atoms with Gasteiger partial charge in [-0.05, 0) is 49.1 Å². The summed E-state index contributed by atoms with van der Waals surface area (Å²) >= 11 is 1.63. The Morgan fingerprint density at radius 2 is 1.90 bits per heavy atom.